The Morgan fingerprint density at radius 3 is 2.67 bits per heavy atom. The first kappa shape index (κ1) is 13.3. The topological polar surface area (TPSA) is 61.7 Å². The second-order valence-corrected chi connectivity index (χ2v) is 5.52. The molecule has 0 spiro atoms. The lowest BCUT2D eigenvalue weighted by molar-refractivity contribution is 0.0959. The summed E-state index contributed by atoms with van der Waals surface area (Å²) in [6.45, 7) is 0. The Hall–Kier alpha value is -2.66. The van der Waals surface area contributed by atoms with Gasteiger partial charge in [-0.3, -0.25) is 4.79 Å². The zero-order chi connectivity index (χ0) is 14.7. The van der Waals surface area contributed by atoms with Crippen LogP contribution in [0.1, 0.15) is 15.2 Å². The molecule has 0 atom stereocenters. The monoisotopic (exact) mass is 296 g/mol. The summed E-state index contributed by atoms with van der Waals surface area (Å²) in [7, 11) is 0. The van der Waals surface area contributed by atoms with Crippen molar-refractivity contribution < 1.29 is 9.90 Å². The third-order valence-corrected chi connectivity index (χ3v) is 4.04. The van der Waals surface area contributed by atoms with Gasteiger partial charge in [-0.2, -0.15) is 5.10 Å². The van der Waals surface area contributed by atoms with E-state index in [0.717, 1.165) is 15.6 Å². The van der Waals surface area contributed by atoms with Crippen molar-refractivity contribution in [2.24, 2.45) is 5.10 Å². The van der Waals surface area contributed by atoms with E-state index in [9.17, 15) is 9.90 Å². The highest BCUT2D eigenvalue weighted by molar-refractivity contribution is 7.20. The molecule has 0 fully saturated rings. The van der Waals surface area contributed by atoms with Gasteiger partial charge in [0.25, 0.3) is 5.91 Å². The lowest BCUT2D eigenvalue weighted by Crippen LogP contribution is -2.16. The van der Waals surface area contributed by atoms with E-state index in [1.54, 1.807) is 24.3 Å². The summed E-state index contributed by atoms with van der Waals surface area (Å²) in [6.07, 6.45) is 1.53. The number of carbonyl (C=O) groups is 1. The molecule has 3 aromatic rings. The highest BCUT2D eigenvalue weighted by Gasteiger charge is 2.08. The minimum Gasteiger partial charge on any atom is -0.508 e. The molecular formula is C16H12N2O2S. The number of hydrogen-bond acceptors (Lipinski definition) is 4. The number of phenols is 1. The van der Waals surface area contributed by atoms with Gasteiger partial charge in [0.15, 0.2) is 0 Å². The van der Waals surface area contributed by atoms with Crippen LogP contribution in [0.2, 0.25) is 0 Å². The molecule has 0 bridgehead atoms. The molecule has 2 N–H and O–H groups in total. The Kier molecular flexibility index (Phi) is 3.66. The summed E-state index contributed by atoms with van der Waals surface area (Å²) >= 11 is 1.43. The summed E-state index contributed by atoms with van der Waals surface area (Å²) in [6, 6.07) is 16.3. The van der Waals surface area contributed by atoms with Gasteiger partial charge < -0.3 is 5.11 Å². The Morgan fingerprint density at radius 2 is 1.90 bits per heavy atom. The quantitative estimate of drug-likeness (QED) is 0.575. The first-order chi connectivity index (χ1) is 10.2. The van der Waals surface area contributed by atoms with E-state index in [1.807, 2.05) is 30.3 Å². The van der Waals surface area contributed by atoms with Crippen LogP contribution in [0.4, 0.5) is 0 Å². The number of phenolic OH excluding ortho intramolecular Hbond substituents is 1. The summed E-state index contributed by atoms with van der Waals surface area (Å²) in [4.78, 5) is 12.6. The average molecular weight is 296 g/mol. The van der Waals surface area contributed by atoms with Gasteiger partial charge in [0.2, 0.25) is 0 Å². The van der Waals surface area contributed by atoms with E-state index in [2.05, 4.69) is 10.5 Å². The Labute approximate surface area is 125 Å². The molecule has 4 nitrogen and oxygen atoms in total. The Balaban J connectivity index is 1.70. The predicted molar refractivity (Wildman–Crippen MR) is 85.0 cm³/mol. The molecule has 0 aliphatic heterocycles. The molecule has 104 valence electrons. The summed E-state index contributed by atoms with van der Waals surface area (Å²) in [5.74, 6) is -0.0345. The van der Waals surface area contributed by atoms with Gasteiger partial charge in [-0.25, -0.2) is 5.43 Å². The van der Waals surface area contributed by atoms with Crippen LogP contribution in [-0.2, 0) is 0 Å². The van der Waals surface area contributed by atoms with E-state index in [0.29, 0.717) is 4.88 Å². The van der Waals surface area contributed by atoms with Crippen molar-refractivity contribution in [3.05, 3.63) is 65.0 Å². The molecular weight excluding hydrogens is 284 g/mol. The van der Waals surface area contributed by atoms with Crippen LogP contribution in [0.15, 0.2) is 59.7 Å². The van der Waals surface area contributed by atoms with Crippen LogP contribution >= 0.6 is 11.3 Å². The summed E-state index contributed by atoms with van der Waals surface area (Å²) in [5.41, 5.74) is 3.30. The number of thiophene rings is 1. The minimum atomic E-state index is -0.230. The lowest BCUT2D eigenvalue weighted by atomic mass is 10.2. The Morgan fingerprint density at radius 1 is 1.14 bits per heavy atom. The zero-order valence-electron chi connectivity index (χ0n) is 11.0. The van der Waals surface area contributed by atoms with Gasteiger partial charge in [0.1, 0.15) is 5.75 Å². The smallest absolute Gasteiger partial charge is 0.281 e. The fraction of sp³-hybridized carbons (Fsp3) is 0. The molecule has 0 aliphatic carbocycles. The number of amides is 1. The van der Waals surface area contributed by atoms with Gasteiger partial charge in [-0.15, -0.1) is 11.3 Å². The van der Waals surface area contributed by atoms with E-state index in [1.165, 1.54) is 17.6 Å². The van der Waals surface area contributed by atoms with E-state index in [4.69, 9.17) is 0 Å². The second-order valence-electron chi connectivity index (χ2n) is 4.44. The van der Waals surface area contributed by atoms with E-state index < -0.39 is 0 Å². The number of nitrogens with one attached hydrogen (secondary N) is 1. The van der Waals surface area contributed by atoms with Crippen molar-refractivity contribution in [2.75, 3.05) is 0 Å². The van der Waals surface area contributed by atoms with E-state index >= 15 is 0 Å². The molecule has 0 saturated heterocycles. The molecule has 21 heavy (non-hydrogen) atoms. The van der Waals surface area contributed by atoms with Crippen molar-refractivity contribution in [3.8, 4) is 5.75 Å². The largest absolute Gasteiger partial charge is 0.508 e. The number of fused-ring (bicyclic) bond motifs is 1. The molecule has 1 amide bonds. The maximum absolute atomic E-state index is 12.0. The number of aromatic hydroxyl groups is 1. The predicted octanol–water partition coefficient (Wildman–Crippen LogP) is 3.37. The highest BCUT2D eigenvalue weighted by Crippen LogP contribution is 2.24. The van der Waals surface area contributed by atoms with Gasteiger partial charge in [0.05, 0.1) is 11.1 Å². The maximum atomic E-state index is 12.0. The number of nitrogens with zero attached hydrogens (tertiary/aromatic N) is 1. The number of carbonyl (C=O) groups excluding carboxylic acids is 1. The standard InChI is InChI=1S/C16H12N2O2S/c19-13-7-5-11(6-8-13)10-17-18-16(20)15-9-12-3-1-2-4-14(12)21-15/h1-10,19H,(H,18,20)/b17-10+. The number of hydrogen-bond donors (Lipinski definition) is 2. The molecule has 0 radical (unpaired) electrons. The minimum absolute atomic E-state index is 0.196. The van der Waals surface area contributed by atoms with E-state index in [-0.39, 0.29) is 11.7 Å². The Bertz CT molecular complexity index is 774. The van der Waals surface area contributed by atoms with Crippen molar-refractivity contribution >= 4 is 33.5 Å². The molecule has 2 aromatic carbocycles. The van der Waals surface area contributed by atoms with Crippen LogP contribution < -0.4 is 5.43 Å². The van der Waals surface area contributed by atoms with Crippen molar-refractivity contribution in [3.63, 3.8) is 0 Å². The molecule has 0 unspecified atom stereocenters. The van der Waals surface area contributed by atoms with Gasteiger partial charge in [0, 0.05) is 4.70 Å². The summed E-state index contributed by atoms with van der Waals surface area (Å²) in [5, 5.41) is 14.1. The first-order valence-corrected chi connectivity index (χ1v) is 7.15. The van der Waals surface area contributed by atoms with Crippen molar-refractivity contribution in [1.29, 1.82) is 0 Å². The third kappa shape index (κ3) is 3.09. The molecule has 5 heteroatoms. The van der Waals surface area contributed by atoms with Crippen LogP contribution in [-0.4, -0.2) is 17.2 Å². The lowest BCUT2D eigenvalue weighted by Gasteiger charge is -1.96. The highest BCUT2D eigenvalue weighted by atomic mass is 32.1. The molecule has 0 saturated carbocycles. The summed E-state index contributed by atoms with van der Waals surface area (Å²) < 4.78 is 1.07. The fourth-order valence-corrected chi connectivity index (χ4v) is 2.83. The average Bonchev–Trinajstić information content (AvgIpc) is 2.93. The fourth-order valence-electron chi connectivity index (χ4n) is 1.87. The number of benzene rings is 2. The first-order valence-electron chi connectivity index (χ1n) is 6.33. The van der Waals surface area contributed by atoms with Crippen LogP contribution in [0.25, 0.3) is 10.1 Å². The van der Waals surface area contributed by atoms with Crippen LogP contribution in [0.5, 0.6) is 5.75 Å². The maximum Gasteiger partial charge on any atom is 0.281 e. The number of hydrazone groups is 1. The van der Waals surface area contributed by atoms with Gasteiger partial charge in [-0.05, 0) is 47.3 Å². The third-order valence-electron chi connectivity index (χ3n) is 2.92. The van der Waals surface area contributed by atoms with Crippen LogP contribution in [0.3, 0.4) is 0 Å². The normalized spacial score (nSPS) is 11.0. The second kappa shape index (κ2) is 5.76. The molecule has 0 aliphatic rings. The van der Waals surface area contributed by atoms with Gasteiger partial charge in [-0.1, -0.05) is 18.2 Å². The van der Waals surface area contributed by atoms with Crippen LogP contribution in [0, 0.1) is 0 Å². The molecule has 1 heterocycles. The van der Waals surface area contributed by atoms with Gasteiger partial charge >= 0.3 is 0 Å². The SMILES string of the molecule is O=C(N/N=C/c1ccc(O)cc1)c1cc2ccccc2s1. The molecule has 3 rings (SSSR count). The zero-order valence-corrected chi connectivity index (χ0v) is 11.8. The van der Waals surface area contributed by atoms with Crippen molar-refractivity contribution in [2.45, 2.75) is 0 Å². The number of rotatable bonds is 3. The molecule has 1 aromatic heterocycles. The van der Waals surface area contributed by atoms with Crippen molar-refractivity contribution in [1.82, 2.24) is 5.43 Å².